The second-order valence-corrected chi connectivity index (χ2v) is 11.6. The van der Waals surface area contributed by atoms with Gasteiger partial charge < -0.3 is 0 Å². The fourth-order valence-electron chi connectivity index (χ4n) is 3.46. The zero-order valence-electron chi connectivity index (χ0n) is 20.1. The molecule has 0 nitrogen and oxygen atoms in total. The molecule has 0 fully saturated rings. The van der Waals surface area contributed by atoms with Crippen LogP contribution in [0.25, 0.3) is 0 Å². The molecule has 0 amide bonds. The standard InChI is InChI=1S/C27H47S3/c1-5-9-12-15-19-28-25-22-24(18-8-4)23-26(29-20-16-13-10-6-2)27(25)30-21-17-14-11-7-3/h22-23H,4-21H2,1-3H3. The minimum absolute atomic E-state index is 0.991. The summed E-state index contributed by atoms with van der Waals surface area (Å²) in [5, 5.41) is 0. The molecule has 1 aromatic rings. The van der Waals surface area contributed by atoms with E-state index in [-0.39, 0.29) is 0 Å². The van der Waals surface area contributed by atoms with E-state index >= 15 is 0 Å². The van der Waals surface area contributed by atoms with Gasteiger partial charge in [0.2, 0.25) is 0 Å². The van der Waals surface area contributed by atoms with Crippen LogP contribution in [0.4, 0.5) is 0 Å². The number of hydrogen-bond acceptors (Lipinski definition) is 3. The first-order valence-electron chi connectivity index (χ1n) is 12.6. The largest absolute Gasteiger partial charge is 0.125 e. The Balaban J connectivity index is 2.87. The number of aryl methyl sites for hydroxylation is 1. The SMILES string of the molecule is [CH2]CCc1cc(SCCCCCC)c(SCCCCCC)c(SCCCCCC)c1. The number of rotatable bonds is 20. The highest BCUT2D eigenvalue weighted by Gasteiger charge is 2.13. The summed E-state index contributed by atoms with van der Waals surface area (Å²) in [6.45, 7) is 11.0. The number of unbranched alkanes of at least 4 members (excludes halogenated alkanes) is 9. The van der Waals surface area contributed by atoms with Crippen LogP contribution in [0, 0.1) is 6.92 Å². The summed E-state index contributed by atoms with van der Waals surface area (Å²) in [5.41, 5.74) is 1.49. The van der Waals surface area contributed by atoms with Gasteiger partial charge in [-0.1, -0.05) is 85.5 Å². The van der Waals surface area contributed by atoms with E-state index in [0.29, 0.717) is 0 Å². The molecule has 0 aromatic heterocycles. The van der Waals surface area contributed by atoms with Gasteiger partial charge in [0, 0.05) is 14.7 Å². The Morgan fingerprint density at radius 2 is 1.03 bits per heavy atom. The predicted molar refractivity (Wildman–Crippen MR) is 145 cm³/mol. The zero-order chi connectivity index (χ0) is 21.9. The lowest BCUT2D eigenvalue weighted by molar-refractivity contribution is 0.705. The predicted octanol–water partition coefficient (Wildman–Crippen LogP) is 10.5. The Kier molecular flexibility index (Phi) is 18.8. The third kappa shape index (κ3) is 13.0. The average Bonchev–Trinajstić information content (AvgIpc) is 2.74. The molecule has 0 spiro atoms. The van der Waals surface area contributed by atoms with Crippen LogP contribution in [0.5, 0.6) is 0 Å². The highest BCUT2D eigenvalue weighted by molar-refractivity contribution is 8.03. The van der Waals surface area contributed by atoms with Crippen molar-refractivity contribution in [1.29, 1.82) is 0 Å². The first-order valence-corrected chi connectivity index (χ1v) is 15.6. The summed E-state index contributed by atoms with van der Waals surface area (Å²) in [7, 11) is 0. The van der Waals surface area contributed by atoms with Crippen LogP contribution in [-0.4, -0.2) is 17.3 Å². The van der Waals surface area contributed by atoms with Gasteiger partial charge in [-0.3, -0.25) is 0 Å². The van der Waals surface area contributed by atoms with E-state index in [1.54, 1.807) is 14.7 Å². The summed E-state index contributed by atoms with van der Waals surface area (Å²) in [6, 6.07) is 4.98. The molecule has 1 rings (SSSR count). The molecule has 3 heteroatoms. The molecule has 30 heavy (non-hydrogen) atoms. The molecule has 0 aliphatic carbocycles. The summed E-state index contributed by atoms with van der Waals surface area (Å²) in [5.74, 6) is 3.79. The molecule has 1 radical (unpaired) electrons. The van der Waals surface area contributed by atoms with Gasteiger partial charge in [-0.25, -0.2) is 0 Å². The molecular weight excluding hydrogens is 420 g/mol. The number of hydrogen-bond donors (Lipinski definition) is 0. The summed E-state index contributed by atoms with van der Waals surface area (Å²) >= 11 is 6.36. The van der Waals surface area contributed by atoms with Crippen molar-refractivity contribution in [3.05, 3.63) is 24.6 Å². The van der Waals surface area contributed by atoms with Crippen LogP contribution in [0.3, 0.4) is 0 Å². The first-order chi connectivity index (χ1) is 14.8. The topological polar surface area (TPSA) is 0 Å². The minimum Gasteiger partial charge on any atom is -0.125 e. The van der Waals surface area contributed by atoms with Crippen LogP contribution in [0.15, 0.2) is 26.8 Å². The van der Waals surface area contributed by atoms with Crippen LogP contribution in [0.1, 0.15) is 110 Å². The Morgan fingerprint density at radius 1 is 0.600 bits per heavy atom. The Labute approximate surface area is 201 Å². The van der Waals surface area contributed by atoms with Crippen molar-refractivity contribution in [3.8, 4) is 0 Å². The lowest BCUT2D eigenvalue weighted by Gasteiger charge is -2.17. The van der Waals surface area contributed by atoms with Gasteiger partial charge in [0.05, 0.1) is 0 Å². The summed E-state index contributed by atoms with van der Waals surface area (Å²) in [4.78, 5) is 4.68. The van der Waals surface area contributed by atoms with Crippen LogP contribution >= 0.6 is 35.3 Å². The smallest absolute Gasteiger partial charge is 0.0344 e. The zero-order valence-corrected chi connectivity index (χ0v) is 22.6. The molecule has 0 bridgehead atoms. The summed E-state index contributed by atoms with van der Waals surface area (Å²) < 4.78 is 0. The normalized spacial score (nSPS) is 11.3. The molecule has 0 N–H and O–H groups in total. The van der Waals surface area contributed by atoms with Crippen molar-refractivity contribution in [2.75, 3.05) is 17.3 Å². The van der Waals surface area contributed by atoms with E-state index in [0.717, 1.165) is 12.8 Å². The number of benzene rings is 1. The molecule has 0 saturated heterocycles. The highest BCUT2D eigenvalue weighted by Crippen LogP contribution is 2.41. The first kappa shape index (κ1) is 28.3. The van der Waals surface area contributed by atoms with Crippen molar-refractivity contribution in [3.63, 3.8) is 0 Å². The van der Waals surface area contributed by atoms with Gasteiger partial charge in [0.1, 0.15) is 0 Å². The second kappa shape index (κ2) is 19.9. The van der Waals surface area contributed by atoms with Crippen LogP contribution in [-0.2, 0) is 6.42 Å². The van der Waals surface area contributed by atoms with E-state index in [9.17, 15) is 0 Å². The Hall–Kier alpha value is 0.270. The lowest BCUT2D eigenvalue weighted by atomic mass is 10.1. The number of thioether (sulfide) groups is 3. The molecule has 173 valence electrons. The quantitative estimate of drug-likeness (QED) is 0.138. The van der Waals surface area contributed by atoms with Gasteiger partial charge in [-0.15, -0.1) is 35.3 Å². The van der Waals surface area contributed by atoms with E-state index in [4.69, 9.17) is 0 Å². The lowest BCUT2D eigenvalue weighted by Crippen LogP contribution is -1.94. The third-order valence-electron chi connectivity index (χ3n) is 5.30. The van der Waals surface area contributed by atoms with Crippen molar-refractivity contribution >= 4 is 35.3 Å². The van der Waals surface area contributed by atoms with Crippen molar-refractivity contribution in [1.82, 2.24) is 0 Å². The Bertz CT molecular complexity index is 492. The summed E-state index contributed by atoms with van der Waals surface area (Å²) in [6.07, 6.45) is 18.4. The molecule has 0 unspecified atom stereocenters. The molecular formula is C27H47S3. The molecule has 0 heterocycles. The van der Waals surface area contributed by atoms with Gasteiger partial charge in [0.25, 0.3) is 0 Å². The van der Waals surface area contributed by atoms with Crippen LogP contribution in [0.2, 0.25) is 0 Å². The van der Waals surface area contributed by atoms with Crippen LogP contribution < -0.4 is 0 Å². The molecule has 0 aliphatic rings. The van der Waals surface area contributed by atoms with Gasteiger partial charge >= 0.3 is 0 Å². The maximum atomic E-state index is 4.11. The van der Waals surface area contributed by atoms with Gasteiger partial charge in [-0.2, -0.15) is 0 Å². The second-order valence-electron chi connectivity index (χ2n) is 8.25. The average molecular weight is 468 g/mol. The maximum absolute atomic E-state index is 4.11. The minimum atomic E-state index is 0.991. The van der Waals surface area contributed by atoms with Crippen molar-refractivity contribution < 1.29 is 0 Å². The van der Waals surface area contributed by atoms with Gasteiger partial charge in [-0.05, 0) is 67.1 Å². The fraction of sp³-hybridized carbons (Fsp3) is 0.741. The molecule has 0 aliphatic heterocycles. The van der Waals surface area contributed by atoms with E-state index < -0.39 is 0 Å². The highest BCUT2D eigenvalue weighted by atomic mass is 32.2. The van der Waals surface area contributed by atoms with Gasteiger partial charge in [0.15, 0.2) is 0 Å². The fourth-order valence-corrected chi connectivity index (χ4v) is 7.28. The molecule has 0 atom stereocenters. The van der Waals surface area contributed by atoms with E-state index in [1.165, 1.54) is 99.9 Å². The van der Waals surface area contributed by atoms with Crippen molar-refractivity contribution in [2.24, 2.45) is 0 Å². The van der Waals surface area contributed by atoms with Crippen molar-refractivity contribution in [2.45, 2.75) is 125 Å². The third-order valence-corrected chi connectivity index (χ3v) is 9.03. The molecule has 0 saturated carbocycles. The maximum Gasteiger partial charge on any atom is 0.0344 e. The monoisotopic (exact) mass is 467 g/mol. The van der Waals surface area contributed by atoms with E-state index in [2.05, 4.69) is 75.1 Å². The van der Waals surface area contributed by atoms with E-state index in [1.807, 2.05) is 0 Å². The Morgan fingerprint density at radius 3 is 1.43 bits per heavy atom. The molecule has 1 aromatic carbocycles.